The van der Waals surface area contributed by atoms with Gasteiger partial charge in [0.05, 0.1) is 6.61 Å². The summed E-state index contributed by atoms with van der Waals surface area (Å²) >= 11 is 0. The number of benzene rings is 2. The van der Waals surface area contributed by atoms with Gasteiger partial charge in [-0.05, 0) is 23.6 Å². The molecule has 170 valence electrons. The third-order valence-corrected chi connectivity index (χ3v) is 5.05. The van der Waals surface area contributed by atoms with Crippen molar-refractivity contribution in [2.45, 2.75) is 38.3 Å². The number of hydrogen-bond acceptors (Lipinski definition) is 6. The van der Waals surface area contributed by atoms with Crippen LogP contribution >= 0.6 is 0 Å². The third kappa shape index (κ3) is 7.13. The van der Waals surface area contributed by atoms with Crippen LogP contribution in [0.4, 0.5) is 0 Å². The summed E-state index contributed by atoms with van der Waals surface area (Å²) in [5.41, 5.74) is 2.39. The Kier molecular flexibility index (Phi) is 8.27. The van der Waals surface area contributed by atoms with Crippen LogP contribution in [0.1, 0.15) is 30.9 Å². The minimum Gasteiger partial charge on any atom is -0.493 e. The van der Waals surface area contributed by atoms with Gasteiger partial charge in [0.15, 0.2) is 0 Å². The Labute approximate surface area is 188 Å². The molecule has 0 aromatic heterocycles. The lowest BCUT2D eigenvalue weighted by atomic mass is 9.90. The number of carbonyl (C=O) groups is 2. The van der Waals surface area contributed by atoms with E-state index in [2.05, 4.69) is 17.4 Å². The summed E-state index contributed by atoms with van der Waals surface area (Å²) in [5.74, 6) is -0.201. The molecule has 7 nitrogen and oxygen atoms in total. The molecule has 2 aromatic rings. The average molecular weight is 440 g/mol. The predicted molar refractivity (Wildman–Crippen MR) is 120 cm³/mol. The molecule has 1 aliphatic heterocycles. The van der Waals surface area contributed by atoms with Crippen LogP contribution in [-0.2, 0) is 20.7 Å². The second-order valence-corrected chi connectivity index (χ2v) is 8.00. The number of rotatable bonds is 10. The number of carboxylic acids is 1. The lowest BCUT2D eigenvalue weighted by Gasteiger charge is -2.26. The minimum atomic E-state index is -1.21. The van der Waals surface area contributed by atoms with Crippen molar-refractivity contribution in [1.82, 2.24) is 5.32 Å². The molecule has 3 rings (SSSR count). The molecule has 0 amide bonds. The summed E-state index contributed by atoms with van der Waals surface area (Å²) in [6.07, 6.45) is 1.96. The lowest BCUT2D eigenvalue weighted by Crippen LogP contribution is -2.38. The third-order valence-electron chi connectivity index (χ3n) is 5.05. The SMILES string of the molecule is CC(C)NCC(COc1ccc2c(c1)OCC(c1ccccc1)C2)OC(=O)/C=C\C(=O)O. The highest BCUT2D eigenvalue weighted by Gasteiger charge is 2.22. The van der Waals surface area contributed by atoms with Gasteiger partial charge in [-0.25, -0.2) is 9.59 Å². The topological polar surface area (TPSA) is 94.1 Å². The Morgan fingerprint density at radius 2 is 1.97 bits per heavy atom. The largest absolute Gasteiger partial charge is 0.493 e. The number of fused-ring (bicyclic) bond motifs is 1. The normalized spacial score (nSPS) is 16.3. The number of hydrogen-bond donors (Lipinski definition) is 2. The van der Waals surface area contributed by atoms with E-state index in [-0.39, 0.29) is 12.6 Å². The predicted octanol–water partition coefficient (Wildman–Crippen LogP) is 3.33. The van der Waals surface area contributed by atoms with E-state index < -0.39 is 18.0 Å². The Balaban J connectivity index is 1.60. The van der Waals surface area contributed by atoms with E-state index in [9.17, 15) is 9.59 Å². The number of carbonyl (C=O) groups excluding carboxylic acids is 1. The standard InChI is InChI=1S/C25H29NO6/c1-17(2)26-14-22(32-25(29)11-10-24(27)28)16-30-21-9-8-19-12-20(15-31-23(19)13-21)18-6-4-3-5-7-18/h3-11,13,17,20,22,26H,12,14-16H2,1-2H3,(H,27,28)/b11-10-. The maximum Gasteiger partial charge on any atom is 0.331 e. The number of aliphatic carboxylic acids is 1. The molecule has 7 heteroatoms. The maximum absolute atomic E-state index is 11.9. The number of ether oxygens (including phenoxy) is 3. The Bertz CT molecular complexity index is 941. The van der Waals surface area contributed by atoms with Gasteiger partial charge < -0.3 is 24.6 Å². The van der Waals surface area contributed by atoms with E-state index in [1.165, 1.54) is 5.56 Å². The maximum atomic E-state index is 11.9. The summed E-state index contributed by atoms with van der Waals surface area (Å²) in [7, 11) is 0. The van der Waals surface area contributed by atoms with E-state index in [1.54, 1.807) is 0 Å². The van der Waals surface area contributed by atoms with Gasteiger partial charge >= 0.3 is 11.9 Å². The zero-order valence-electron chi connectivity index (χ0n) is 18.3. The number of carboxylic acid groups (broad SMARTS) is 1. The minimum absolute atomic E-state index is 0.123. The molecule has 0 fully saturated rings. The summed E-state index contributed by atoms with van der Waals surface area (Å²) in [6.45, 7) is 5.07. The fraction of sp³-hybridized carbons (Fsp3) is 0.360. The summed E-state index contributed by atoms with van der Waals surface area (Å²) in [4.78, 5) is 22.5. The van der Waals surface area contributed by atoms with Gasteiger partial charge in [0.1, 0.15) is 24.2 Å². The van der Waals surface area contributed by atoms with Gasteiger partial charge in [0.25, 0.3) is 0 Å². The molecule has 0 spiro atoms. The van der Waals surface area contributed by atoms with Crippen molar-refractivity contribution in [3.8, 4) is 11.5 Å². The average Bonchev–Trinajstić information content (AvgIpc) is 2.79. The van der Waals surface area contributed by atoms with E-state index in [0.29, 0.717) is 24.8 Å². The highest BCUT2D eigenvalue weighted by Crippen LogP contribution is 2.34. The first-order chi connectivity index (χ1) is 15.4. The Morgan fingerprint density at radius 1 is 1.19 bits per heavy atom. The molecule has 0 aliphatic carbocycles. The van der Waals surface area contributed by atoms with Gasteiger partial charge in [0, 0.05) is 36.7 Å². The van der Waals surface area contributed by atoms with Crippen LogP contribution in [0.5, 0.6) is 11.5 Å². The van der Waals surface area contributed by atoms with Gasteiger partial charge in [-0.2, -0.15) is 0 Å². The molecule has 2 aromatic carbocycles. The van der Waals surface area contributed by atoms with Crippen molar-refractivity contribution in [1.29, 1.82) is 0 Å². The molecule has 0 saturated carbocycles. The van der Waals surface area contributed by atoms with E-state index in [1.807, 2.05) is 50.2 Å². The smallest absolute Gasteiger partial charge is 0.331 e. The first-order valence-electron chi connectivity index (χ1n) is 10.7. The van der Waals surface area contributed by atoms with Crippen molar-refractivity contribution in [3.63, 3.8) is 0 Å². The molecule has 2 N–H and O–H groups in total. The van der Waals surface area contributed by atoms with Crippen molar-refractivity contribution in [3.05, 3.63) is 71.8 Å². The van der Waals surface area contributed by atoms with Gasteiger partial charge in [-0.15, -0.1) is 0 Å². The first-order valence-corrected chi connectivity index (χ1v) is 10.7. The molecule has 0 bridgehead atoms. The van der Waals surface area contributed by atoms with Gasteiger partial charge in [-0.3, -0.25) is 0 Å². The zero-order chi connectivity index (χ0) is 22.9. The second-order valence-electron chi connectivity index (χ2n) is 8.00. The van der Waals surface area contributed by atoms with Crippen molar-refractivity contribution in [2.75, 3.05) is 19.8 Å². The van der Waals surface area contributed by atoms with Crippen LogP contribution in [0.2, 0.25) is 0 Å². The summed E-state index contributed by atoms with van der Waals surface area (Å²) in [6, 6.07) is 16.3. The van der Waals surface area contributed by atoms with Crippen LogP contribution in [0.15, 0.2) is 60.7 Å². The molecule has 1 heterocycles. The Hall–Kier alpha value is -3.32. The molecular weight excluding hydrogens is 410 g/mol. The van der Waals surface area contributed by atoms with Gasteiger partial charge in [-0.1, -0.05) is 50.2 Å². The van der Waals surface area contributed by atoms with E-state index in [4.69, 9.17) is 19.3 Å². The molecule has 0 saturated heterocycles. The van der Waals surface area contributed by atoms with E-state index >= 15 is 0 Å². The number of nitrogens with one attached hydrogen (secondary N) is 1. The molecule has 2 atom stereocenters. The fourth-order valence-electron chi connectivity index (χ4n) is 3.42. The second kappa shape index (κ2) is 11.3. The van der Waals surface area contributed by atoms with Crippen LogP contribution < -0.4 is 14.8 Å². The van der Waals surface area contributed by atoms with Crippen LogP contribution in [-0.4, -0.2) is 48.9 Å². The first kappa shape index (κ1) is 23.3. The monoisotopic (exact) mass is 439 g/mol. The molecule has 2 unspecified atom stereocenters. The Morgan fingerprint density at radius 3 is 2.69 bits per heavy atom. The lowest BCUT2D eigenvalue weighted by molar-refractivity contribution is -0.144. The van der Waals surface area contributed by atoms with Crippen molar-refractivity contribution >= 4 is 11.9 Å². The summed E-state index contributed by atoms with van der Waals surface area (Å²) in [5, 5.41) is 11.9. The summed E-state index contributed by atoms with van der Waals surface area (Å²) < 4.78 is 17.2. The fourth-order valence-corrected chi connectivity index (χ4v) is 3.42. The van der Waals surface area contributed by atoms with E-state index in [0.717, 1.165) is 29.9 Å². The molecule has 1 aliphatic rings. The molecular formula is C25H29NO6. The van der Waals surface area contributed by atoms with Crippen molar-refractivity contribution in [2.24, 2.45) is 0 Å². The van der Waals surface area contributed by atoms with Crippen LogP contribution in [0, 0.1) is 0 Å². The quantitative estimate of drug-likeness (QED) is 0.433. The van der Waals surface area contributed by atoms with Gasteiger partial charge in [0.2, 0.25) is 0 Å². The number of esters is 1. The zero-order valence-corrected chi connectivity index (χ0v) is 18.3. The van der Waals surface area contributed by atoms with Crippen LogP contribution in [0.25, 0.3) is 0 Å². The highest BCUT2D eigenvalue weighted by atomic mass is 16.6. The van der Waals surface area contributed by atoms with Crippen LogP contribution in [0.3, 0.4) is 0 Å². The molecule has 0 radical (unpaired) electrons. The molecule has 32 heavy (non-hydrogen) atoms. The highest BCUT2D eigenvalue weighted by molar-refractivity contribution is 5.90. The van der Waals surface area contributed by atoms with Crippen molar-refractivity contribution < 1.29 is 28.9 Å².